The van der Waals surface area contributed by atoms with E-state index < -0.39 is 23.7 Å². The fraction of sp³-hybridized carbons (Fsp3) is 0.238. The van der Waals surface area contributed by atoms with Crippen molar-refractivity contribution in [2.75, 3.05) is 13.6 Å². The third-order valence-electron chi connectivity index (χ3n) is 3.66. The van der Waals surface area contributed by atoms with Crippen LogP contribution in [0.15, 0.2) is 66.7 Å². The van der Waals surface area contributed by atoms with Gasteiger partial charge < -0.3 is 20.3 Å². The summed E-state index contributed by atoms with van der Waals surface area (Å²) in [5, 5.41) is 18.7. The number of benzene rings is 2. The SMILES string of the molecule is CNCCC(Oc1ccc(C(F)(F)F)cc1)c1ccccc1.Cl.O=C(O)/C=C/C(=O)O. The van der Waals surface area contributed by atoms with Crippen LogP contribution in [0.1, 0.15) is 23.7 Å². The smallest absolute Gasteiger partial charge is 0.416 e. The largest absolute Gasteiger partial charge is 0.486 e. The molecule has 31 heavy (non-hydrogen) atoms. The minimum atomic E-state index is -4.33. The van der Waals surface area contributed by atoms with Gasteiger partial charge in [0.15, 0.2) is 0 Å². The van der Waals surface area contributed by atoms with E-state index in [1.165, 1.54) is 12.1 Å². The molecule has 0 radical (unpaired) electrons. The van der Waals surface area contributed by atoms with E-state index in [0.29, 0.717) is 17.9 Å². The molecule has 0 fully saturated rings. The molecule has 0 amide bonds. The summed E-state index contributed by atoms with van der Waals surface area (Å²) in [6, 6.07) is 14.4. The van der Waals surface area contributed by atoms with E-state index >= 15 is 0 Å². The predicted molar refractivity (Wildman–Crippen MR) is 111 cm³/mol. The summed E-state index contributed by atoms with van der Waals surface area (Å²) in [6.07, 6.45) is -2.69. The molecule has 2 aromatic carbocycles. The molecule has 0 aliphatic rings. The quantitative estimate of drug-likeness (QED) is 0.498. The third kappa shape index (κ3) is 11.7. The highest BCUT2D eigenvalue weighted by atomic mass is 35.5. The zero-order valence-corrected chi connectivity index (χ0v) is 17.3. The van der Waals surface area contributed by atoms with Crippen molar-refractivity contribution in [1.82, 2.24) is 5.32 Å². The molecule has 3 N–H and O–H groups in total. The van der Waals surface area contributed by atoms with Gasteiger partial charge in [-0.25, -0.2) is 9.59 Å². The summed E-state index contributed by atoms with van der Waals surface area (Å²) in [5.74, 6) is -2.09. The van der Waals surface area contributed by atoms with Crippen molar-refractivity contribution in [1.29, 1.82) is 0 Å². The van der Waals surface area contributed by atoms with Gasteiger partial charge in [-0.05, 0) is 43.4 Å². The van der Waals surface area contributed by atoms with Crippen molar-refractivity contribution in [3.63, 3.8) is 0 Å². The lowest BCUT2D eigenvalue weighted by Crippen LogP contribution is -2.16. The molecule has 0 aliphatic heterocycles. The Hall–Kier alpha value is -3.04. The zero-order chi connectivity index (χ0) is 22.6. The number of rotatable bonds is 8. The Morgan fingerprint density at radius 1 is 1.00 bits per heavy atom. The summed E-state index contributed by atoms with van der Waals surface area (Å²) in [5.41, 5.74) is 0.323. The summed E-state index contributed by atoms with van der Waals surface area (Å²) < 4.78 is 43.6. The minimum absolute atomic E-state index is 0. The van der Waals surface area contributed by atoms with Gasteiger partial charge in [0.25, 0.3) is 0 Å². The second-order valence-corrected chi connectivity index (χ2v) is 5.94. The number of alkyl halides is 3. The normalized spacial score (nSPS) is 11.6. The van der Waals surface area contributed by atoms with E-state index in [2.05, 4.69) is 5.32 Å². The van der Waals surface area contributed by atoms with Gasteiger partial charge in [0, 0.05) is 18.6 Å². The Kier molecular flexibility index (Phi) is 12.7. The molecule has 0 aliphatic carbocycles. The molecule has 10 heteroatoms. The van der Waals surface area contributed by atoms with Crippen molar-refractivity contribution >= 4 is 24.3 Å². The molecular formula is C21H23ClF3NO5. The van der Waals surface area contributed by atoms with Crippen LogP contribution in [0, 0.1) is 0 Å². The van der Waals surface area contributed by atoms with Crippen molar-refractivity contribution in [2.45, 2.75) is 18.7 Å². The summed E-state index contributed by atoms with van der Waals surface area (Å²) in [4.78, 5) is 19.1. The standard InChI is InChI=1S/C17H18F3NO.C4H4O4.ClH/c1-21-12-11-16(13-5-3-2-4-6-13)22-15-9-7-14(8-10-15)17(18,19)20;5-3(6)1-2-4(7)8;/h2-10,16,21H,11-12H2,1H3;1-2H,(H,5,6)(H,7,8);1H/b;2-1+;. The second kappa shape index (κ2) is 14.1. The fourth-order valence-corrected chi connectivity index (χ4v) is 2.27. The van der Waals surface area contributed by atoms with Gasteiger partial charge >= 0.3 is 18.1 Å². The Morgan fingerprint density at radius 3 is 1.94 bits per heavy atom. The molecule has 6 nitrogen and oxygen atoms in total. The van der Waals surface area contributed by atoms with Gasteiger partial charge in [-0.15, -0.1) is 12.4 Å². The van der Waals surface area contributed by atoms with Crippen LogP contribution in [0.4, 0.5) is 13.2 Å². The van der Waals surface area contributed by atoms with Crippen LogP contribution in [0.5, 0.6) is 5.75 Å². The lowest BCUT2D eigenvalue weighted by Gasteiger charge is -2.20. The number of ether oxygens (including phenoxy) is 1. The second-order valence-electron chi connectivity index (χ2n) is 5.94. The van der Waals surface area contributed by atoms with Crippen LogP contribution in [0.3, 0.4) is 0 Å². The van der Waals surface area contributed by atoms with E-state index in [1.54, 1.807) is 0 Å². The minimum Gasteiger partial charge on any atom is -0.486 e. The van der Waals surface area contributed by atoms with Gasteiger partial charge in [-0.1, -0.05) is 30.3 Å². The molecule has 1 atom stereocenters. The third-order valence-corrected chi connectivity index (χ3v) is 3.66. The van der Waals surface area contributed by atoms with Gasteiger partial charge in [0.2, 0.25) is 0 Å². The molecule has 2 aromatic rings. The van der Waals surface area contributed by atoms with Gasteiger partial charge in [0.1, 0.15) is 11.9 Å². The number of carbonyl (C=O) groups is 2. The molecule has 2 rings (SSSR count). The zero-order valence-electron chi connectivity index (χ0n) is 16.5. The van der Waals surface area contributed by atoms with Gasteiger partial charge in [-0.2, -0.15) is 13.2 Å². The van der Waals surface area contributed by atoms with E-state index in [0.717, 1.165) is 30.7 Å². The molecule has 0 spiro atoms. The average Bonchev–Trinajstić information content (AvgIpc) is 2.70. The molecule has 170 valence electrons. The molecule has 0 heterocycles. The van der Waals surface area contributed by atoms with Crippen LogP contribution in [0.2, 0.25) is 0 Å². The van der Waals surface area contributed by atoms with Crippen molar-refractivity contribution in [3.8, 4) is 5.75 Å². The molecule has 0 saturated heterocycles. The van der Waals surface area contributed by atoms with Crippen LogP contribution in [0.25, 0.3) is 0 Å². The van der Waals surface area contributed by atoms with Crippen molar-refractivity contribution < 1.29 is 37.7 Å². The van der Waals surface area contributed by atoms with Gasteiger partial charge in [0.05, 0.1) is 5.56 Å². The van der Waals surface area contributed by atoms with Gasteiger partial charge in [-0.3, -0.25) is 0 Å². The number of nitrogens with one attached hydrogen (secondary N) is 1. The first kappa shape index (κ1) is 28.0. The number of halogens is 4. The van der Waals surface area contributed by atoms with Crippen LogP contribution in [-0.4, -0.2) is 35.7 Å². The number of carboxylic acids is 2. The Labute approximate surface area is 183 Å². The van der Waals surface area contributed by atoms with E-state index in [9.17, 15) is 22.8 Å². The Bertz CT molecular complexity index is 811. The monoisotopic (exact) mass is 461 g/mol. The summed E-state index contributed by atoms with van der Waals surface area (Å²) >= 11 is 0. The summed E-state index contributed by atoms with van der Waals surface area (Å²) in [7, 11) is 1.85. The van der Waals surface area contributed by atoms with Crippen molar-refractivity contribution in [3.05, 3.63) is 77.9 Å². The molecule has 1 unspecified atom stereocenters. The first-order valence-electron chi connectivity index (χ1n) is 8.81. The number of hydrogen-bond acceptors (Lipinski definition) is 4. The average molecular weight is 462 g/mol. The highest BCUT2D eigenvalue weighted by Gasteiger charge is 2.30. The summed E-state index contributed by atoms with van der Waals surface area (Å²) in [6.45, 7) is 0.750. The molecule has 0 bridgehead atoms. The van der Waals surface area contributed by atoms with Crippen LogP contribution < -0.4 is 10.1 Å². The van der Waals surface area contributed by atoms with E-state index in [4.69, 9.17) is 14.9 Å². The Balaban J connectivity index is 0.000000858. The number of hydrogen-bond donors (Lipinski definition) is 3. The first-order valence-corrected chi connectivity index (χ1v) is 8.81. The number of carboxylic acid groups (broad SMARTS) is 2. The fourth-order valence-electron chi connectivity index (χ4n) is 2.27. The Morgan fingerprint density at radius 2 is 1.52 bits per heavy atom. The number of aliphatic carboxylic acids is 2. The van der Waals surface area contributed by atoms with E-state index in [-0.39, 0.29) is 18.5 Å². The highest BCUT2D eigenvalue weighted by Crippen LogP contribution is 2.31. The molecular weight excluding hydrogens is 439 g/mol. The highest BCUT2D eigenvalue weighted by molar-refractivity contribution is 5.89. The predicted octanol–water partition coefficient (Wildman–Crippen LogP) is 4.57. The maximum Gasteiger partial charge on any atom is 0.416 e. The van der Waals surface area contributed by atoms with Crippen LogP contribution >= 0.6 is 12.4 Å². The van der Waals surface area contributed by atoms with Crippen LogP contribution in [-0.2, 0) is 15.8 Å². The van der Waals surface area contributed by atoms with Crippen molar-refractivity contribution in [2.24, 2.45) is 0 Å². The van der Waals surface area contributed by atoms with E-state index in [1.807, 2.05) is 37.4 Å². The maximum atomic E-state index is 12.6. The molecule has 0 saturated carbocycles. The lowest BCUT2D eigenvalue weighted by atomic mass is 10.1. The first-order chi connectivity index (χ1) is 14.1. The lowest BCUT2D eigenvalue weighted by molar-refractivity contribution is -0.137. The maximum absolute atomic E-state index is 12.6. The topological polar surface area (TPSA) is 95.9 Å². The molecule has 0 aromatic heterocycles.